The van der Waals surface area contributed by atoms with Crippen LogP contribution in [0.2, 0.25) is 0 Å². The minimum absolute atomic E-state index is 0.0132. The van der Waals surface area contributed by atoms with Crippen molar-refractivity contribution < 1.29 is 24.5 Å². The molecule has 0 aromatic carbocycles. The number of nitrogens with one attached hydrogen (secondary N) is 1. The van der Waals surface area contributed by atoms with Crippen LogP contribution in [0.4, 0.5) is 0 Å². The molecule has 0 aromatic rings. The average Bonchev–Trinajstić information content (AvgIpc) is 3.57. The third kappa shape index (κ3) is 75.0. The predicted octanol–water partition coefficient (Wildman–Crippen LogP) is 27.0. The predicted molar refractivity (Wildman–Crippen MR) is 393 cm³/mol. The maximum absolute atomic E-state index is 12.6. The van der Waals surface area contributed by atoms with E-state index in [-0.39, 0.29) is 18.5 Å². The summed E-state index contributed by atoms with van der Waals surface area (Å²) in [6.45, 7) is 4.97. The SMILES string of the molecule is CCCCC/C=C\C/C=C\CCCCCCCCCC(=O)OCCCCCCCCCCCCCCCC/C=C\CCCCCCCCCCCCCCCCCCCC(=O)NC(CO)C(O)CCCCCCCCCCCCCCCCCCCCCC. The van der Waals surface area contributed by atoms with Crippen molar-refractivity contribution >= 4 is 11.9 Å². The Bertz CT molecular complexity index is 1440. The minimum Gasteiger partial charge on any atom is -0.466 e. The minimum atomic E-state index is -0.663. The van der Waals surface area contributed by atoms with Crippen LogP contribution in [0.3, 0.4) is 0 Å². The van der Waals surface area contributed by atoms with Gasteiger partial charge in [0.05, 0.1) is 25.4 Å². The summed E-state index contributed by atoms with van der Waals surface area (Å²) in [7, 11) is 0. The van der Waals surface area contributed by atoms with Crippen molar-refractivity contribution in [1.82, 2.24) is 5.32 Å². The number of hydrogen-bond donors (Lipinski definition) is 3. The molecule has 0 radical (unpaired) electrons. The molecule has 0 aromatic heterocycles. The van der Waals surface area contributed by atoms with Gasteiger partial charge in [0.1, 0.15) is 0 Å². The van der Waals surface area contributed by atoms with Crippen molar-refractivity contribution in [1.29, 1.82) is 0 Å². The van der Waals surface area contributed by atoms with Gasteiger partial charge in [-0.3, -0.25) is 9.59 Å². The Morgan fingerprint density at radius 1 is 0.315 bits per heavy atom. The highest BCUT2D eigenvalue weighted by atomic mass is 16.5. The second kappa shape index (κ2) is 78.5. The highest BCUT2D eigenvalue weighted by Gasteiger charge is 2.20. The third-order valence-electron chi connectivity index (χ3n) is 19.2. The largest absolute Gasteiger partial charge is 0.466 e. The smallest absolute Gasteiger partial charge is 0.305 e. The molecule has 2 unspecified atom stereocenters. The molecule has 6 heteroatoms. The number of esters is 1. The maximum atomic E-state index is 12.6. The van der Waals surface area contributed by atoms with Crippen LogP contribution in [0.1, 0.15) is 457 Å². The van der Waals surface area contributed by atoms with E-state index >= 15 is 0 Å². The Kier molecular flexibility index (Phi) is 76.8. The van der Waals surface area contributed by atoms with E-state index in [0.29, 0.717) is 25.9 Å². The van der Waals surface area contributed by atoms with Gasteiger partial charge in [0.25, 0.3) is 0 Å². The molecular weight excluding hydrogens is 1090 g/mol. The van der Waals surface area contributed by atoms with E-state index in [1.54, 1.807) is 0 Å². The molecule has 0 spiro atoms. The number of aliphatic hydroxyl groups is 2. The Balaban J connectivity index is 3.34. The van der Waals surface area contributed by atoms with Gasteiger partial charge in [-0.15, -0.1) is 0 Å². The number of unbranched alkanes of at least 4 members (excludes halogenated alkanes) is 60. The van der Waals surface area contributed by atoms with Gasteiger partial charge in [-0.2, -0.15) is 0 Å². The zero-order chi connectivity index (χ0) is 64.2. The van der Waals surface area contributed by atoms with Crippen LogP contribution in [0.15, 0.2) is 36.5 Å². The molecule has 0 aliphatic carbocycles. The molecule has 0 aliphatic heterocycles. The van der Waals surface area contributed by atoms with Crippen LogP contribution in [0.5, 0.6) is 0 Å². The first kappa shape index (κ1) is 87.1. The van der Waals surface area contributed by atoms with Crippen LogP contribution in [-0.4, -0.2) is 47.4 Å². The number of amides is 1. The van der Waals surface area contributed by atoms with E-state index in [1.807, 2.05) is 0 Å². The van der Waals surface area contributed by atoms with Crippen LogP contribution in [0, 0.1) is 0 Å². The summed E-state index contributed by atoms with van der Waals surface area (Å²) in [6.07, 6.45) is 102. The second-order valence-corrected chi connectivity index (χ2v) is 28.1. The van der Waals surface area contributed by atoms with Gasteiger partial charge in [-0.1, -0.05) is 397 Å². The van der Waals surface area contributed by atoms with Crippen molar-refractivity contribution in [2.24, 2.45) is 0 Å². The van der Waals surface area contributed by atoms with E-state index in [0.717, 1.165) is 51.4 Å². The summed E-state index contributed by atoms with van der Waals surface area (Å²) in [4.78, 5) is 24.7. The van der Waals surface area contributed by atoms with Crippen LogP contribution in [-0.2, 0) is 14.3 Å². The standard InChI is InChI=1S/C83H159NO5/c1-3-5-7-9-11-13-15-17-19-21-22-40-44-47-51-55-59-63-67-71-75-81(86)80(79-85)84-82(87)76-72-68-64-60-56-52-48-45-41-38-36-34-32-30-28-26-24-23-25-27-29-31-33-35-37-39-42-46-50-54-58-62-66-70-74-78-89-83(88)77-73-69-65-61-57-53-49-43-20-18-16-14-12-10-8-6-4-2/h12,14,18,20,25,27,80-81,85-86H,3-11,13,15-17,19,21-24,26,28-79H2,1-2H3,(H,84,87)/b14-12-,20-18-,27-25-. The normalized spacial score (nSPS) is 12.6. The van der Waals surface area contributed by atoms with Gasteiger partial charge in [-0.05, 0) is 83.5 Å². The molecule has 2 atom stereocenters. The van der Waals surface area contributed by atoms with Crippen molar-refractivity contribution in [3.8, 4) is 0 Å². The first-order valence-electron chi connectivity index (χ1n) is 40.7. The van der Waals surface area contributed by atoms with Gasteiger partial charge in [0, 0.05) is 12.8 Å². The molecule has 0 saturated heterocycles. The summed E-state index contributed by atoms with van der Waals surface area (Å²) in [6, 6.07) is -0.540. The highest BCUT2D eigenvalue weighted by Crippen LogP contribution is 2.20. The first-order chi connectivity index (χ1) is 44.0. The molecule has 3 N–H and O–H groups in total. The molecule has 1 amide bonds. The molecule has 0 aliphatic rings. The van der Waals surface area contributed by atoms with Gasteiger partial charge in [0.15, 0.2) is 0 Å². The summed E-state index contributed by atoms with van der Waals surface area (Å²) in [5.74, 6) is -0.0133. The van der Waals surface area contributed by atoms with Crippen molar-refractivity contribution in [2.45, 2.75) is 469 Å². The maximum Gasteiger partial charge on any atom is 0.305 e. The fraction of sp³-hybridized carbons (Fsp3) is 0.904. The van der Waals surface area contributed by atoms with Gasteiger partial charge >= 0.3 is 5.97 Å². The van der Waals surface area contributed by atoms with Crippen molar-refractivity contribution in [2.75, 3.05) is 13.2 Å². The monoisotopic (exact) mass is 1250 g/mol. The van der Waals surface area contributed by atoms with Gasteiger partial charge < -0.3 is 20.3 Å². The fourth-order valence-electron chi connectivity index (χ4n) is 13.0. The number of carbonyl (C=O) groups is 2. The lowest BCUT2D eigenvalue weighted by Crippen LogP contribution is -2.45. The lowest BCUT2D eigenvalue weighted by molar-refractivity contribution is -0.143. The highest BCUT2D eigenvalue weighted by molar-refractivity contribution is 5.76. The van der Waals surface area contributed by atoms with Crippen LogP contribution < -0.4 is 5.32 Å². The molecule has 526 valence electrons. The van der Waals surface area contributed by atoms with Crippen molar-refractivity contribution in [3.63, 3.8) is 0 Å². The number of carbonyl (C=O) groups excluding carboxylic acids is 2. The van der Waals surface area contributed by atoms with E-state index in [4.69, 9.17) is 4.74 Å². The quantitative estimate of drug-likeness (QED) is 0.0320. The third-order valence-corrected chi connectivity index (χ3v) is 19.2. The number of rotatable bonds is 77. The fourth-order valence-corrected chi connectivity index (χ4v) is 13.0. The van der Waals surface area contributed by atoms with Gasteiger partial charge in [0.2, 0.25) is 5.91 Å². The summed E-state index contributed by atoms with van der Waals surface area (Å²) in [5.41, 5.74) is 0. The molecule has 0 heterocycles. The van der Waals surface area contributed by atoms with Crippen molar-refractivity contribution in [3.05, 3.63) is 36.5 Å². The summed E-state index contributed by atoms with van der Waals surface area (Å²) < 4.78 is 5.51. The molecule has 0 rings (SSSR count). The molecule has 89 heavy (non-hydrogen) atoms. The second-order valence-electron chi connectivity index (χ2n) is 28.1. The molecule has 0 saturated carbocycles. The Morgan fingerprint density at radius 2 is 0.562 bits per heavy atom. The lowest BCUT2D eigenvalue weighted by Gasteiger charge is -2.22. The Labute approximate surface area is 557 Å². The zero-order valence-electron chi connectivity index (χ0n) is 60.4. The number of ether oxygens (including phenoxy) is 1. The molecule has 6 nitrogen and oxygen atoms in total. The molecule has 0 bridgehead atoms. The lowest BCUT2D eigenvalue weighted by atomic mass is 10.0. The first-order valence-corrected chi connectivity index (χ1v) is 40.7. The van der Waals surface area contributed by atoms with E-state index in [9.17, 15) is 19.8 Å². The zero-order valence-corrected chi connectivity index (χ0v) is 60.4. The van der Waals surface area contributed by atoms with E-state index < -0.39 is 12.1 Å². The molecular formula is C83H159NO5. The average molecular weight is 1250 g/mol. The van der Waals surface area contributed by atoms with Gasteiger partial charge in [-0.25, -0.2) is 0 Å². The summed E-state index contributed by atoms with van der Waals surface area (Å²) >= 11 is 0. The number of allylic oxidation sites excluding steroid dienone is 6. The molecule has 0 fully saturated rings. The van der Waals surface area contributed by atoms with E-state index in [2.05, 4.69) is 55.6 Å². The number of hydrogen-bond acceptors (Lipinski definition) is 5. The summed E-state index contributed by atoms with van der Waals surface area (Å²) in [5, 5.41) is 23.4. The van der Waals surface area contributed by atoms with Crippen LogP contribution in [0.25, 0.3) is 0 Å². The topological polar surface area (TPSA) is 95.9 Å². The van der Waals surface area contributed by atoms with Crippen LogP contribution >= 0.6 is 0 Å². The van der Waals surface area contributed by atoms with E-state index in [1.165, 1.54) is 372 Å². The Morgan fingerprint density at radius 3 is 0.888 bits per heavy atom. The Hall–Kier alpha value is -1.92. The number of aliphatic hydroxyl groups excluding tert-OH is 2.